The summed E-state index contributed by atoms with van der Waals surface area (Å²) in [6.45, 7) is 7.53. The van der Waals surface area contributed by atoms with Crippen LogP contribution in [0, 0.1) is 11.8 Å². The molecule has 5 nitrogen and oxygen atoms in total. The summed E-state index contributed by atoms with van der Waals surface area (Å²) in [4.78, 5) is 14.7. The first-order valence-electron chi connectivity index (χ1n) is 8.99. The van der Waals surface area contributed by atoms with Gasteiger partial charge in [0.2, 0.25) is 0 Å². The molecule has 0 radical (unpaired) electrons. The Balaban J connectivity index is 1.72. The summed E-state index contributed by atoms with van der Waals surface area (Å²) in [5, 5.41) is 15.3. The molecule has 2 aliphatic rings. The van der Waals surface area contributed by atoms with Gasteiger partial charge in [-0.1, -0.05) is 20.3 Å². The molecular formula is C17H33N3O2. The molecule has 3 N–H and O–H groups in total. The van der Waals surface area contributed by atoms with E-state index < -0.39 is 0 Å². The fourth-order valence-corrected chi connectivity index (χ4v) is 4.02. The van der Waals surface area contributed by atoms with Crippen LogP contribution in [0.1, 0.15) is 52.4 Å². The number of hydrogen-bond acceptors (Lipinski definition) is 3. The van der Waals surface area contributed by atoms with E-state index in [4.69, 9.17) is 5.11 Å². The highest BCUT2D eigenvalue weighted by Gasteiger charge is 2.36. The van der Waals surface area contributed by atoms with Crippen molar-refractivity contribution in [1.29, 1.82) is 0 Å². The second-order valence-corrected chi connectivity index (χ2v) is 7.36. The van der Waals surface area contributed by atoms with Crippen LogP contribution < -0.4 is 10.6 Å². The molecule has 0 saturated carbocycles. The number of carbonyl (C=O) groups is 1. The third-order valence-corrected chi connectivity index (χ3v) is 5.07. The molecule has 2 saturated heterocycles. The van der Waals surface area contributed by atoms with Gasteiger partial charge in [-0.25, -0.2) is 4.79 Å². The first-order chi connectivity index (χ1) is 10.6. The average molecular weight is 311 g/mol. The zero-order chi connectivity index (χ0) is 15.9. The Hall–Kier alpha value is -0.810. The molecule has 3 atom stereocenters. The molecule has 0 aromatic heterocycles. The van der Waals surface area contributed by atoms with Gasteiger partial charge in [-0.3, -0.25) is 4.90 Å². The number of aliphatic hydroxyl groups excluding tert-OH is 1. The van der Waals surface area contributed by atoms with Crippen molar-refractivity contribution in [2.24, 2.45) is 11.8 Å². The van der Waals surface area contributed by atoms with Gasteiger partial charge >= 0.3 is 6.03 Å². The summed E-state index contributed by atoms with van der Waals surface area (Å²) in [5.41, 5.74) is 0. The van der Waals surface area contributed by atoms with Crippen molar-refractivity contribution in [3.63, 3.8) is 0 Å². The second kappa shape index (κ2) is 8.73. The quantitative estimate of drug-likeness (QED) is 0.673. The van der Waals surface area contributed by atoms with Gasteiger partial charge in [0, 0.05) is 31.8 Å². The number of piperidine rings is 1. The van der Waals surface area contributed by atoms with Gasteiger partial charge in [-0.05, 0) is 50.5 Å². The molecule has 3 unspecified atom stereocenters. The predicted molar refractivity (Wildman–Crippen MR) is 88.8 cm³/mol. The molecule has 0 aromatic carbocycles. The van der Waals surface area contributed by atoms with Crippen LogP contribution in [0.25, 0.3) is 0 Å². The van der Waals surface area contributed by atoms with Crippen LogP contribution >= 0.6 is 0 Å². The lowest BCUT2D eigenvalue weighted by atomic mass is 9.94. The van der Waals surface area contributed by atoms with Crippen LogP contribution in [0.15, 0.2) is 0 Å². The topological polar surface area (TPSA) is 64.6 Å². The molecule has 0 aliphatic carbocycles. The van der Waals surface area contributed by atoms with Gasteiger partial charge in [-0.15, -0.1) is 0 Å². The first-order valence-corrected chi connectivity index (χ1v) is 8.99. The molecule has 0 spiro atoms. The molecule has 5 heteroatoms. The number of carbonyl (C=O) groups excluding carboxylic acids is 1. The number of rotatable bonds is 7. The first kappa shape index (κ1) is 17.5. The van der Waals surface area contributed by atoms with Gasteiger partial charge in [0.05, 0.1) is 0 Å². The zero-order valence-electron chi connectivity index (χ0n) is 14.2. The summed E-state index contributed by atoms with van der Waals surface area (Å²) in [5.74, 6) is 0.956. The van der Waals surface area contributed by atoms with Crippen molar-refractivity contribution in [1.82, 2.24) is 15.5 Å². The summed E-state index contributed by atoms with van der Waals surface area (Å²) < 4.78 is 0. The molecule has 0 bridgehead atoms. The molecule has 2 heterocycles. The predicted octanol–water partition coefficient (Wildman–Crippen LogP) is 1.96. The van der Waals surface area contributed by atoms with E-state index in [-0.39, 0.29) is 12.6 Å². The van der Waals surface area contributed by atoms with Crippen molar-refractivity contribution in [3.05, 3.63) is 0 Å². The van der Waals surface area contributed by atoms with Crippen molar-refractivity contribution < 1.29 is 9.90 Å². The smallest absolute Gasteiger partial charge is 0.315 e. The van der Waals surface area contributed by atoms with Crippen molar-refractivity contribution in [2.45, 2.75) is 64.5 Å². The van der Waals surface area contributed by atoms with E-state index in [1.165, 1.54) is 25.8 Å². The Kier molecular flexibility index (Phi) is 6.96. The second-order valence-electron chi connectivity index (χ2n) is 7.36. The summed E-state index contributed by atoms with van der Waals surface area (Å²) in [7, 11) is 0. The van der Waals surface area contributed by atoms with E-state index in [1.54, 1.807) is 0 Å². The summed E-state index contributed by atoms with van der Waals surface area (Å²) in [6, 6.07) is 0.814. The van der Waals surface area contributed by atoms with Gasteiger partial charge in [0.1, 0.15) is 0 Å². The maximum Gasteiger partial charge on any atom is 0.315 e. The van der Waals surface area contributed by atoms with Crippen LogP contribution in [-0.2, 0) is 0 Å². The lowest BCUT2D eigenvalue weighted by Gasteiger charge is -2.32. The minimum Gasteiger partial charge on any atom is -0.396 e. The molecule has 128 valence electrons. The van der Waals surface area contributed by atoms with Crippen LogP contribution in [0.2, 0.25) is 0 Å². The number of nitrogens with one attached hydrogen (secondary N) is 2. The van der Waals surface area contributed by atoms with Crippen molar-refractivity contribution >= 4 is 6.03 Å². The monoisotopic (exact) mass is 311 g/mol. The van der Waals surface area contributed by atoms with E-state index >= 15 is 0 Å². The largest absolute Gasteiger partial charge is 0.396 e. The Morgan fingerprint density at radius 3 is 2.82 bits per heavy atom. The highest BCUT2D eigenvalue weighted by molar-refractivity contribution is 5.74. The Bertz CT molecular complexity index is 349. The number of fused-ring (bicyclic) bond motifs is 1. The molecular weight excluding hydrogens is 278 g/mol. The van der Waals surface area contributed by atoms with E-state index in [0.717, 1.165) is 25.8 Å². The SMILES string of the molecule is CC(C)CC(CCO)CNC(=O)NC1CCN2CCCCC12. The third-order valence-electron chi connectivity index (χ3n) is 5.07. The average Bonchev–Trinajstić information content (AvgIpc) is 2.88. The highest BCUT2D eigenvalue weighted by atomic mass is 16.3. The molecule has 2 rings (SSSR count). The van der Waals surface area contributed by atoms with Crippen molar-refractivity contribution in [2.75, 3.05) is 26.2 Å². The van der Waals surface area contributed by atoms with E-state index in [9.17, 15) is 4.79 Å². The van der Waals surface area contributed by atoms with E-state index in [2.05, 4.69) is 29.4 Å². The maximum atomic E-state index is 12.2. The fourth-order valence-electron chi connectivity index (χ4n) is 4.02. The van der Waals surface area contributed by atoms with Gasteiger partial charge < -0.3 is 15.7 Å². The minimum absolute atomic E-state index is 0.0379. The van der Waals surface area contributed by atoms with Gasteiger partial charge in [0.25, 0.3) is 0 Å². The summed E-state index contributed by atoms with van der Waals surface area (Å²) in [6.07, 6.45) is 6.68. The number of amides is 2. The number of hydrogen-bond donors (Lipinski definition) is 3. The maximum absolute atomic E-state index is 12.2. The molecule has 2 amide bonds. The van der Waals surface area contributed by atoms with E-state index in [1.807, 2.05) is 0 Å². The van der Waals surface area contributed by atoms with Gasteiger partial charge in [0.15, 0.2) is 0 Å². The fraction of sp³-hybridized carbons (Fsp3) is 0.941. The van der Waals surface area contributed by atoms with E-state index in [0.29, 0.717) is 30.5 Å². The van der Waals surface area contributed by atoms with Crippen LogP contribution in [0.5, 0.6) is 0 Å². The standard InChI is InChI=1S/C17H33N3O2/c1-13(2)11-14(7-10-21)12-18-17(22)19-15-6-9-20-8-4-3-5-16(15)20/h13-16,21H,3-12H2,1-2H3,(H2,18,19,22). The molecule has 22 heavy (non-hydrogen) atoms. The minimum atomic E-state index is -0.0379. The highest BCUT2D eigenvalue weighted by Crippen LogP contribution is 2.27. The molecule has 2 aliphatic heterocycles. The van der Waals surface area contributed by atoms with Crippen LogP contribution in [-0.4, -0.2) is 54.4 Å². The Labute approximate surface area is 134 Å². The lowest BCUT2D eigenvalue weighted by Crippen LogP contribution is -2.50. The zero-order valence-corrected chi connectivity index (χ0v) is 14.2. The van der Waals surface area contributed by atoms with Gasteiger partial charge in [-0.2, -0.15) is 0 Å². The summed E-state index contributed by atoms with van der Waals surface area (Å²) >= 11 is 0. The van der Waals surface area contributed by atoms with Crippen LogP contribution in [0.3, 0.4) is 0 Å². The normalized spacial score (nSPS) is 26.7. The Morgan fingerprint density at radius 2 is 2.09 bits per heavy atom. The number of urea groups is 1. The lowest BCUT2D eigenvalue weighted by molar-refractivity contribution is 0.178. The number of aliphatic hydroxyl groups is 1. The van der Waals surface area contributed by atoms with Crippen LogP contribution in [0.4, 0.5) is 4.79 Å². The molecule has 2 fully saturated rings. The third kappa shape index (κ3) is 5.13. The number of nitrogens with zero attached hydrogens (tertiary/aromatic N) is 1. The van der Waals surface area contributed by atoms with Crippen molar-refractivity contribution in [3.8, 4) is 0 Å². The Morgan fingerprint density at radius 1 is 1.27 bits per heavy atom. The molecule has 0 aromatic rings.